The average molecular weight is 435 g/mol. The molecule has 0 saturated carbocycles. The van der Waals surface area contributed by atoms with Gasteiger partial charge in [-0.2, -0.15) is 0 Å². The standard InChI is InChI=1S/C21H24F3N5O2/c1-13(2)15-5-14(6-17(7-15)31-21(22,23)24)8-26-19-27-9-16(10-28-19)18(30)29-4-3-20(29)11-25-12-20/h5-7,9-10,13,25H,3-4,8,11-12H2,1-2H3,(H,26,27,28). The van der Waals surface area contributed by atoms with Gasteiger partial charge in [-0.15, -0.1) is 13.2 Å². The zero-order valence-corrected chi connectivity index (χ0v) is 17.3. The topological polar surface area (TPSA) is 79.4 Å². The van der Waals surface area contributed by atoms with Crippen LogP contribution in [0.15, 0.2) is 30.6 Å². The maximum atomic E-state index is 12.7. The molecule has 2 aliphatic rings. The first-order valence-electron chi connectivity index (χ1n) is 10.1. The van der Waals surface area contributed by atoms with E-state index in [-0.39, 0.29) is 35.6 Å². The van der Waals surface area contributed by atoms with Crippen LogP contribution in [0.4, 0.5) is 19.1 Å². The van der Waals surface area contributed by atoms with Crippen molar-refractivity contribution in [3.63, 3.8) is 0 Å². The fraction of sp³-hybridized carbons (Fsp3) is 0.476. The van der Waals surface area contributed by atoms with Crippen molar-refractivity contribution in [1.82, 2.24) is 20.2 Å². The minimum absolute atomic E-state index is 0.0350. The molecule has 1 aromatic heterocycles. The van der Waals surface area contributed by atoms with Crippen LogP contribution in [0.25, 0.3) is 0 Å². The number of ether oxygens (including phenoxy) is 1. The molecule has 0 bridgehead atoms. The summed E-state index contributed by atoms with van der Waals surface area (Å²) in [4.78, 5) is 22.9. The molecule has 2 saturated heterocycles. The van der Waals surface area contributed by atoms with Crippen molar-refractivity contribution in [2.24, 2.45) is 0 Å². The molecule has 7 nitrogen and oxygen atoms in total. The van der Waals surface area contributed by atoms with Crippen molar-refractivity contribution >= 4 is 11.9 Å². The summed E-state index contributed by atoms with van der Waals surface area (Å²) < 4.78 is 42.0. The lowest BCUT2D eigenvalue weighted by Gasteiger charge is -2.58. The quantitative estimate of drug-likeness (QED) is 0.725. The summed E-state index contributed by atoms with van der Waals surface area (Å²) in [5, 5.41) is 6.19. The van der Waals surface area contributed by atoms with Crippen LogP contribution in [0, 0.1) is 0 Å². The van der Waals surface area contributed by atoms with Crippen molar-refractivity contribution in [3.8, 4) is 5.75 Å². The smallest absolute Gasteiger partial charge is 0.406 e. The van der Waals surface area contributed by atoms with E-state index in [4.69, 9.17) is 0 Å². The van der Waals surface area contributed by atoms with Gasteiger partial charge in [-0.25, -0.2) is 9.97 Å². The molecule has 0 atom stereocenters. The number of halogens is 3. The van der Waals surface area contributed by atoms with Crippen LogP contribution in [0.3, 0.4) is 0 Å². The normalized spacial score (nSPS) is 17.3. The minimum Gasteiger partial charge on any atom is -0.406 e. The number of benzene rings is 1. The van der Waals surface area contributed by atoms with Crippen molar-refractivity contribution in [1.29, 1.82) is 0 Å². The molecule has 1 amide bonds. The maximum absolute atomic E-state index is 12.7. The number of alkyl halides is 3. The van der Waals surface area contributed by atoms with E-state index in [0.717, 1.165) is 31.6 Å². The van der Waals surface area contributed by atoms with Gasteiger partial charge in [-0.05, 0) is 35.6 Å². The number of carbonyl (C=O) groups is 1. The molecule has 0 unspecified atom stereocenters. The second-order valence-corrected chi connectivity index (χ2v) is 8.30. The van der Waals surface area contributed by atoms with Crippen molar-refractivity contribution in [2.75, 3.05) is 25.0 Å². The first-order chi connectivity index (χ1) is 14.7. The maximum Gasteiger partial charge on any atom is 0.573 e. The van der Waals surface area contributed by atoms with Gasteiger partial charge >= 0.3 is 6.36 Å². The molecular formula is C21H24F3N5O2. The highest BCUT2D eigenvalue weighted by molar-refractivity contribution is 5.95. The Hall–Kier alpha value is -2.88. The van der Waals surface area contributed by atoms with E-state index in [9.17, 15) is 18.0 Å². The summed E-state index contributed by atoms with van der Waals surface area (Å²) in [6.45, 7) is 6.36. The van der Waals surface area contributed by atoms with E-state index < -0.39 is 6.36 Å². The van der Waals surface area contributed by atoms with Crippen molar-refractivity contribution in [2.45, 2.75) is 44.6 Å². The van der Waals surface area contributed by atoms with Crippen LogP contribution in [0.1, 0.15) is 47.7 Å². The summed E-state index contributed by atoms with van der Waals surface area (Å²) >= 11 is 0. The monoisotopic (exact) mass is 435 g/mol. The van der Waals surface area contributed by atoms with Crippen LogP contribution < -0.4 is 15.4 Å². The number of amides is 1. The predicted octanol–water partition coefficient (Wildman–Crippen LogP) is 3.30. The molecule has 1 aromatic carbocycles. The molecule has 166 valence electrons. The molecule has 0 aliphatic carbocycles. The van der Waals surface area contributed by atoms with E-state index in [1.165, 1.54) is 24.5 Å². The third-order valence-corrected chi connectivity index (χ3v) is 5.76. The summed E-state index contributed by atoms with van der Waals surface area (Å²) in [6, 6.07) is 4.54. The van der Waals surface area contributed by atoms with Crippen molar-refractivity contribution in [3.05, 3.63) is 47.3 Å². The number of hydrogen-bond acceptors (Lipinski definition) is 6. The molecule has 3 heterocycles. The Morgan fingerprint density at radius 3 is 2.48 bits per heavy atom. The third-order valence-electron chi connectivity index (χ3n) is 5.76. The van der Waals surface area contributed by atoms with Gasteiger partial charge in [-0.1, -0.05) is 19.9 Å². The third kappa shape index (κ3) is 4.58. The first-order valence-corrected chi connectivity index (χ1v) is 10.1. The molecule has 31 heavy (non-hydrogen) atoms. The summed E-state index contributed by atoms with van der Waals surface area (Å²) in [7, 11) is 0. The number of nitrogens with zero attached hydrogens (tertiary/aromatic N) is 3. The van der Waals surface area contributed by atoms with Gasteiger partial charge in [0, 0.05) is 38.6 Å². The molecular weight excluding hydrogens is 411 g/mol. The molecule has 10 heteroatoms. The van der Waals surface area contributed by atoms with Crippen LogP contribution in [0.2, 0.25) is 0 Å². The SMILES string of the molecule is CC(C)c1cc(CNc2ncc(C(=O)N3CCC34CNC4)cn2)cc(OC(F)(F)F)c1. The van der Waals surface area contributed by atoms with E-state index in [2.05, 4.69) is 25.3 Å². The molecule has 1 spiro atoms. The Morgan fingerprint density at radius 1 is 1.26 bits per heavy atom. The Morgan fingerprint density at radius 2 is 1.97 bits per heavy atom. The number of hydrogen-bond donors (Lipinski definition) is 2. The van der Waals surface area contributed by atoms with Gasteiger partial charge in [0.05, 0.1) is 11.1 Å². The van der Waals surface area contributed by atoms with Crippen LogP contribution in [0.5, 0.6) is 5.75 Å². The van der Waals surface area contributed by atoms with Gasteiger partial charge in [0.2, 0.25) is 5.95 Å². The second-order valence-electron chi connectivity index (χ2n) is 8.30. The van der Waals surface area contributed by atoms with Gasteiger partial charge in [0.25, 0.3) is 5.91 Å². The van der Waals surface area contributed by atoms with Crippen LogP contribution >= 0.6 is 0 Å². The molecule has 2 N–H and O–H groups in total. The Labute approximate surface area is 178 Å². The van der Waals surface area contributed by atoms with Gasteiger partial charge in [0.15, 0.2) is 0 Å². The molecule has 2 aliphatic heterocycles. The molecule has 0 radical (unpaired) electrons. The zero-order valence-electron chi connectivity index (χ0n) is 17.3. The Kier molecular flexibility index (Phi) is 5.50. The Balaban J connectivity index is 1.41. The fourth-order valence-corrected chi connectivity index (χ4v) is 3.82. The highest BCUT2D eigenvalue weighted by Crippen LogP contribution is 2.35. The van der Waals surface area contributed by atoms with Crippen LogP contribution in [-0.2, 0) is 6.54 Å². The number of nitrogens with one attached hydrogen (secondary N) is 2. The summed E-state index contributed by atoms with van der Waals surface area (Å²) in [5.74, 6) is -0.0228. The summed E-state index contributed by atoms with van der Waals surface area (Å²) in [5.41, 5.74) is 1.70. The highest BCUT2D eigenvalue weighted by Gasteiger charge is 2.51. The number of rotatable bonds is 6. The molecule has 2 fully saturated rings. The largest absolute Gasteiger partial charge is 0.573 e. The first kappa shape index (κ1) is 21.4. The number of likely N-dealkylation sites (tertiary alicyclic amines) is 1. The second kappa shape index (κ2) is 7.99. The lowest BCUT2D eigenvalue weighted by Crippen LogP contribution is -2.76. The average Bonchev–Trinajstić information content (AvgIpc) is 2.63. The van der Waals surface area contributed by atoms with E-state index in [0.29, 0.717) is 11.1 Å². The Bertz CT molecular complexity index is 953. The number of carbonyl (C=O) groups excluding carboxylic acids is 1. The molecule has 4 rings (SSSR count). The summed E-state index contributed by atoms with van der Waals surface area (Å²) in [6.07, 6.45) is -0.810. The molecule has 2 aromatic rings. The van der Waals surface area contributed by atoms with E-state index >= 15 is 0 Å². The lowest BCUT2D eigenvalue weighted by molar-refractivity contribution is -0.274. The van der Waals surface area contributed by atoms with E-state index in [1.54, 1.807) is 0 Å². The van der Waals surface area contributed by atoms with Crippen LogP contribution in [-0.4, -0.2) is 52.3 Å². The van der Waals surface area contributed by atoms with Gasteiger partial charge in [-0.3, -0.25) is 4.79 Å². The van der Waals surface area contributed by atoms with Gasteiger partial charge < -0.3 is 20.3 Å². The number of aromatic nitrogens is 2. The zero-order chi connectivity index (χ0) is 22.2. The van der Waals surface area contributed by atoms with Gasteiger partial charge in [0.1, 0.15) is 5.75 Å². The number of anilines is 1. The highest BCUT2D eigenvalue weighted by atomic mass is 19.4. The lowest BCUT2D eigenvalue weighted by atomic mass is 9.79. The predicted molar refractivity (Wildman–Crippen MR) is 108 cm³/mol. The van der Waals surface area contributed by atoms with E-state index in [1.807, 2.05) is 24.8 Å². The van der Waals surface area contributed by atoms with Crippen molar-refractivity contribution < 1.29 is 22.7 Å². The fourth-order valence-electron chi connectivity index (χ4n) is 3.82. The minimum atomic E-state index is -4.75.